The van der Waals surface area contributed by atoms with Gasteiger partial charge in [-0.3, -0.25) is 13.9 Å². The molecular formula is C35H38ClN3O4S. The Labute approximate surface area is 265 Å². The number of hydrogen-bond donors (Lipinski definition) is 1. The van der Waals surface area contributed by atoms with Crippen LogP contribution in [0.5, 0.6) is 0 Å². The molecule has 44 heavy (non-hydrogen) atoms. The van der Waals surface area contributed by atoms with Crippen LogP contribution in [0.2, 0.25) is 5.02 Å². The van der Waals surface area contributed by atoms with E-state index in [-0.39, 0.29) is 29.5 Å². The van der Waals surface area contributed by atoms with Gasteiger partial charge in [0.2, 0.25) is 11.8 Å². The standard InChI is InChI=1S/C35H38ClN3O4S/c1-26-15-17-28(18-16-26)24-38(32(34(41)37-35(2,3)4)23-27-11-7-5-8-12-27)33(40)25-39(30-21-19-29(36)20-22-30)44(42,43)31-13-9-6-10-14-31/h5-22,32H,23-25H2,1-4H3,(H,37,41)/t32-/m1/s1. The van der Waals surface area contributed by atoms with Crippen molar-refractivity contribution in [3.63, 3.8) is 0 Å². The molecule has 0 bridgehead atoms. The van der Waals surface area contributed by atoms with Crippen molar-refractivity contribution in [3.8, 4) is 0 Å². The third kappa shape index (κ3) is 8.71. The highest BCUT2D eigenvalue weighted by Gasteiger charge is 2.35. The van der Waals surface area contributed by atoms with Gasteiger partial charge in [0.15, 0.2) is 0 Å². The molecular weight excluding hydrogens is 594 g/mol. The first-order chi connectivity index (χ1) is 20.8. The van der Waals surface area contributed by atoms with Gasteiger partial charge in [-0.1, -0.05) is 90.0 Å². The second-order valence-corrected chi connectivity index (χ2v) is 14.1. The van der Waals surface area contributed by atoms with Gasteiger partial charge >= 0.3 is 0 Å². The van der Waals surface area contributed by atoms with Crippen molar-refractivity contribution in [2.24, 2.45) is 0 Å². The molecule has 1 atom stereocenters. The summed E-state index contributed by atoms with van der Waals surface area (Å²) in [5.74, 6) is -0.851. The summed E-state index contributed by atoms with van der Waals surface area (Å²) in [4.78, 5) is 29.9. The van der Waals surface area contributed by atoms with E-state index >= 15 is 0 Å². The molecule has 230 valence electrons. The van der Waals surface area contributed by atoms with E-state index in [1.54, 1.807) is 42.5 Å². The van der Waals surface area contributed by atoms with E-state index in [2.05, 4.69) is 5.32 Å². The molecule has 4 rings (SSSR count). The van der Waals surface area contributed by atoms with Crippen LogP contribution in [0.1, 0.15) is 37.5 Å². The molecule has 7 nitrogen and oxygen atoms in total. The number of aryl methyl sites for hydroxylation is 1. The van der Waals surface area contributed by atoms with E-state index in [4.69, 9.17) is 11.6 Å². The number of benzene rings is 4. The van der Waals surface area contributed by atoms with E-state index in [9.17, 15) is 18.0 Å². The van der Waals surface area contributed by atoms with E-state index < -0.39 is 34.1 Å². The summed E-state index contributed by atoms with van der Waals surface area (Å²) in [6, 6.07) is 30.5. The third-order valence-electron chi connectivity index (χ3n) is 6.97. The quantitative estimate of drug-likeness (QED) is 0.208. The van der Waals surface area contributed by atoms with Gasteiger partial charge in [0.25, 0.3) is 10.0 Å². The van der Waals surface area contributed by atoms with Crippen molar-refractivity contribution < 1.29 is 18.0 Å². The molecule has 0 heterocycles. The van der Waals surface area contributed by atoms with Crippen LogP contribution in [0.25, 0.3) is 0 Å². The third-order valence-corrected chi connectivity index (χ3v) is 9.01. The van der Waals surface area contributed by atoms with E-state index in [0.717, 1.165) is 21.0 Å². The predicted molar refractivity (Wildman–Crippen MR) is 176 cm³/mol. The fourth-order valence-corrected chi connectivity index (χ4v) is 6.31. The summed E-state index contributed by atoms with van der Waals surface area (Å²) in [7, 11) is -4.17. The lowest BCUT2D eigenvalue weighted by Crippen LogP contribution is -2.56. The van der Waals surface area contributed by atoms with Gasteiger partial charge in [-0.2, -0.15) is 0 Å². The SMILES string of the molecule is Cc1ccc(CN(C(=O)CN(c2ccc(Cl)cc2)S(=O)(=O)c2ccccc2)[C@H](Cc2ccccc2)C(=O)NC(C)(C)C)cc1. The lowest BCUT2D eigenvalue weighted by molar-refractivity contribution is -0.140. The maximum atomic E-state index is 14.5. The fourth-order valence-electron chi connectivity index (χ4n) is 4.75. The number of nitrogens with one attached hydrogen (secondary N) is 1. The zero-order valence-corrected chi connectivity index (χ0v) is 27.0. The molecule has 4 aromatic rings. The van der Waals surface area contributed by atoms with Crippen LogP contribution in [-0.2, 0) is 32.6 Å². The van der Waals surface area contributed by atoms with Crippen LogP contribution in [-0.4, -0.2) is 43.3 Å². The van der Waals surface area contributed by atoms with Crippen molar-refractivity contribution in [2.75, 3.05) is 10.8 Å². The van der Waals surface area contributed by atoms with Gasteiger partial charge < -0.3 is 10.2 Å². The smallest absolute Gasteiger partial charge is 0.264 e. The Morgan fingerprint density at radius 3 is 1.93 bits per heavy atom. The largest absolute Gasteiger partial charge is 0.350 e. The van der Waals surface area contributed by atoms with Gasteiger partial charge in [-0.25, -0.2) is 8.42 Å². The van der Waals surface area contributed by atoms with Gasteiger partial charge in [0.05, 0.1) is 10.6 Å². The average Bonchev–Trinajstić information content (AvgIpc) is 2.99. The monoisotopic (exact) mass is 631 g/mol. The maximum absolute atomic E-state index is 14.5. The minimum absolute atomic E-state index is 0.0409. The molecule has 0 aliphatic heterocycles. The topological polar surface area (TPSA) is 86.8 Å². The van der Waals surface area contributed by atoms with Gasteiger partial charge in [0.1, 0.15) is 12.6 Å². The Kier molecular flexibility index (Phi) is 10.5. The minimum Gasteiger partial charge on any atom is -0.350 e. The molecule has 0 spiro atoms. The average molecular weight is 632 g/mol. The van der Waals surface area contributed by atoms with Gasteiger partial charge in [0, 0.05) is 23.5 Å². The zero-order valence-electron chi connectivity index (χ0n) is 25.4. The van der Waals surface area contributed by atoms with E-state index in [0.29, 0.717) is 5.02 Å². The lowest BCUT2D eigenvalue weighted by atomic mass is 10.0. The van der Waals surface area contributed by atoms with Crippen molar-refractivity contribution in [1.29, 1.82) is 0 Å². The number of carbonyl (C=O) groups is 2. The Morgan fingerprint density at radius 1 is 0.795 bits per heavy atom. The van der Waals surface area contributed by atoms with Crippen LogP contribution in [0, 0.1) is 6.92 Å². The number of anilines is 1. The van der Waals surface area contributed by atoms with Gasteiger partial charge in [-0.05, 0) is 75.2 Å². The summed E-state index contributed by atoms with van der Waals surface area (Å²) < 4.78 is 29.1. The number of rotatable bonds is 11. The van der Waals surface area contributed by atoms with Crippen LogP contribution in [0.15, 0.2) is 114 Å². The predicted octanol–water partition coefficient (Wildman–Crippen LogP) is 6.40. The molecule has 4 aromatic carbocycles. The van der Waals surface area contributed by atoms with Crippen LogP contribution in [0.3, 0.4) is 0 Å². The summed E-state index contributed by atoms with van der Waals surface area (Å²) in [5.41, 5.74) is 2.46. The molecule has 0 fully saturated rings. The van der Waals surface area contributed by atoms with Gasteiger partial charge in [-0.15, -0.1) is 0 Å². The minimum atomic E-state index is -4.17. The van der Waals surface area contributed by atoms with E-state index in [1.165, 1.54) is 17.0 Å². The normalized spacial score (nSPS) is 12.3. The van der Waals surface area contributed by atoms with Crippen molar-refractivity contribution >= 4 is 39.1 Å². The highest BCUT2D eigenvalue weighted by Crippen LogP contribution is 2.26. The maximum Gasteiger partial charge on any atom is 0.264 e. The second kappa shape index (κ2) is 14.1. The number of sulfonamides is 1. The molecule has 0 aliphatic rings. The Morgan fingerprint density at radius 2 is 1.36 bits per heavy atom. The highest BCUT2D eigenvalue weighted by molar-refractivity contribution is 7.92. The molecule has 0 aliphatic carbocycles. The number of amides is 2. The Hall–Kier alpha value is -4.14. The molecule has 0 saturated carbocycles. The molecule has 0 unspecified atom stereocenters. The van der Waals surface area contributed by atoms with Crippen LogP contribution in [0.4, 0.5) is 5.69 Å². The first kappa shape index (κ1) is 32.8. The Bertz CT molecular complexity index is 1660. The molecule has 2 amide bonds. The number of halogens is 1. The second-order valence-electron chi connectivity index (χ2n) is 11.8. The van der Waals surface area contributed by atoms with E-state index in [1.807, 2.05) is 82.3 Å². The summed E-state index contributed by atoms with van der Waals surface area (Å²) in [6.07, 6.45) is 0.243. The molecule has 0 saturated heterocycles. The van der Waals surface area contributed by atoms with Crippen molar-refractivity contribution in [3.05, 3.63) is 131 Å². The number of hydrogen-bond acceptors (Lipinski definition) is 4. The fraction of sp³-hybridized carbons (Fsp3) is 0.257. The van der Waals surface area contributed by atoms with Crippen molar-refractivity contribution in [2.45, 2.75) is 57.1 Å². The Balaban J connectivity index is 1.80. The zero-order chi connectivity index (χ0) is 31.9. The summed E-state index contributed by atoms with van der Waals surface area (Å²) >= 11 is 6.12. The number of nitrogens with zero attached hydrogens (tertiary/aromatic N) is 2. The first-order valence-electron chi connectivity index (χ1n) is 14.4. The highest BCUT2D eigenvalue weighted by atomic mass is 35.5. The molecule has 9 heteroatoms. The summed E-state index contributed by atoms with van der Waals surface area (Å²) in [5, 5.41) is 3.47. The van der Waals surface area contributed by atoms with Crippen LogP contribution >= 0.6 is 11.6 Å². The van der Waals surface area contributed by atoms with Crippen molar-refractivity contribution in [1.82, 2.24) is 10.2 Å². The lowest BCUT2D eigenvalue weighted by Gasteiger charge is -2.35. The summed E-state index contributed by atoms with van der Waals surface area (Å²) in [6.45, 7) is 7.19. The van der Waals surface area contributed by atoms with Crippen LogP contribution < -0.4 is 9.62 Å². The first-order valence-corrected chi connectivity index (χ1v) is 16.2. The number of carbonyl (C=O) groups excluding carboxylic acids is 2. The molecule has 0 radical (unpaired) electrons. The molecule has 0 aromatic heterocycles. The molecule has 1 N–H and O–H groups in total.